The van der Waals surface area contributed by atoms with Gasteiger partial charge in [-0.1, -0.05) is 0 Å². The van der Waals surface area contributed by atoms with Gasteiger partial charge in [-0.3, -0.25) is 4.74 Å². The van der Waals surface area contributed by atoms with E-state index in [2.05, 4.69) is 4.74 Å². The second kappa shape index (κ2) is 5.11. The van der Waals surface area contributed by atoms with Crippen LogP contribution in [-0.4, -0.2) is 54.7 Å². The molecule has 0 aromatic heterocycles. The fourth-order valence-electron chi connectivity index (χ4n) is 1.75. The Morgan fingerprint density at radius 2 is 1.50 bits per heavy atom. The number of quaternary nitrogens is 1. The van der Waals surface area contributed by atoms with Crippen LogP contribution in [0.2, 0.25) is 0 Å². The molecule has 0 spiro atoms. The molecule has 0 N–H and O–H groups in total. The zero-order chi connectivity index (χ0) is 17.6. The van der Waals surface area contributed by atoms with Crippen molar-refractivity contribution in [1.29, 1.82) is 0 Å². The summed E-state index contributed by atoms with van der Waals surface area (Å²) in [6.45, 7) is -3.55. The van der Waals surface area contributed by atoms with Gasteiger partial charge < -0.3 is 0 Å². The number of ether oxygens (including phenoxy) is 1. The number of halogens is 9. The smallest absolute Gasteiger partial charge is 0.281 e. The van der Waals surface area contributed by atoms with Crippen molar-refractivity contribution in [3.05, 3.63) is 12.3 Å². The van der Waals surface area contributed by atoms with E-state index in [1.54, 1.807) is 0 Å². The van der Waals surface area contributed by atoms with E-state index in [1.807, 2.05) is 0 Å². The molecule has 1 unspecified atom stereocenters. The van der Waals surface area contributed by atoms with E-state index in [0.29, 0.717) is 13.2 Å². The van der Waals surface area contributed by atoms with E-state index in [4.69, 9.17) is 0 Å². The molecule has 0 saturated heterocycles. The molecule has 1 aliphatic rings. The number of amides is 1. The van der Waals surface area contributed by atoms with Crippen LogP contribution in [0.25, 0.3) is 0 Å². The minimum atomic E-state index is -6.58. The summed E-state index contributed by atoms with van der Waals surface area (Å²) in [7, 11) is 0.644. The number of nitrogens with zero attached hydrogens (tertiary/aromatic N) is 1. The maximum Gasteiger partial charge on any atom is 0.440 e. The van der Waals surface area contributed by atoms with Gasteiger partial charge in [0.2, 0.25) is 0 Å². The molecule has 1 aliphatic heterocycles. The summed E-state index contributed by atoms with van der Waals surface area (Å²) in [5.74, 6) is -2.73. The number of carbonyl (C=O) groups excluding carboxylic acids is 1. The first-order valence-corrected chi connectivity index (χ1v) is 5.48. The molecule has 0 bridgehead atoms. The van der Waals surface area contributed by atoms with E-state index in [1.165, 1.54) is 0 Å². The Morgan fingerprint density at radius 1 is 1.09 bits per heavy atom. The normalized spacial score (nSPS) is 23.4. The van der Waals surface area contributed by atoms with E-state index in [-0.39, 0.29) is 0 Å². The lowest BCUT2D eigenvalue weighted by molar-refractivity contribution is -0.800. The second-order valence-corrected chi connectivity index (χ2v) is 4.69. The van der Waals surface area contributed by atoms with Crippen LogP contribution in [0.5, 0.6) is 0 Å². The standard InChI is InChI=1S/C10H9F9NO2/c1-20(3-2-4-20)6(21)8(9(14,15)16,10(17,18)19)22-7(12,13)5-11/h2-3H,4-5H2,1H3/q+1. The number of rotatable bonds is 4. The molecular formula is C10H9F9NO2+. The third kappa shape index (κ3) is 2.81. The van der Waals surface area contributed by atoms with Crippen LogP contribution in [0.15, 0.2) is 12.3 Å². The Morgan fingerprint density at radius 3 is 1.73 bits per heavy atom. The monoisotopic (exact) mass is 346 g/mol. The number of carbonyl (C=O) groups is 1. The molecule has 1 amide bonds. The lowest BCUT2D eigenvalue weighted by Gasteiger charge is -2.42. The van der Waals surface area contributed by atoms with Crippen molar-refractivity contribution in [2.75, 3.05) is 20.3 Å². The predicted molar refractivity (Wildman–Crippen MR) is 52.0 cm³/mol. The molecule has 0 fully saturated rings. The molecule has 128 valence electrons. The highest BCUT2D eigenvalue weighted by molar-refractivity contribution is 5.82. The third-order valence-electron chi connectivity index (χ3n) is 2.94. The molecule has 1 rings (SSSR count). The van der Waals surface area contributed by atoms with E-state index < -0.39 is 47.7 Å². The van der Waals surface area contributed by atoms with E-state index >= 15 is 0 Å². The summed E-state index contributed by atoms with van der Waals surface area (Å²) in [6.07, 6.45) is -16.9. The average Bonchev–Trinajstić information content (AvgIpc) is 2.29. The zero-order valence-electron chi connectivity index (χ0n) is 10.7. The van der Waals surface area contributed by atoms with Gasteiger partial charge in [0.1, 0.15) is 12.7 Å². The Balaban J connectivity index is 3.54. The highest BCUT2D eigenvalue weighted by Gasteiger charge is 2.84. The van der Waals surface area contributed by atoms with Crippen molar-refractivity contribution in [2.24, 2.45) is 0 Å². The average molecular weight is 346 g/mol. The topological polar surface area (TPSA) is 26.3 Å². The van der Waals surface area contributed by atoms with Crippen LogP contribution in [0.3, 0.4) is 0 Å². The van der Waals surface area contributed by atoms with Gasteiger partial charge in [0.05, 0.1) is 7.05 Å². The summed E-state index contributed by atoms with van der Waals surface area (Å²) >= 11 is 0. The molecule has 1 heterocycles. The molecule has 0 aliphatic carbocycles. The van der Waals surface area contributed by atoms with Gasteiger partial charge in [-0.2, -0.15) is 35.1 Å². The number of hydrogen-bond donors (Lipinski definition) is 0. The van der Waals surface area contributed by atoms with Gasteiger partial charge in [0.25, 0.3) is 0 Å². The highest BCUT2D eigenvalue weighted by atomic mass is 19.4. The molecule has 22 heavy (non-hydrogen) atoms. The number of hydrogen-bond acceptors (Lipinski definition) is 2. The summed E-state index contributed by atoms with van der Waals surface area (Å²) in [5.41, 5.74) is -5.85. The molecule has 3 nitrogen and oxygen atoms in total. The molecule has 1 atom stereocenters. The number of alkyl halides is 9. The van der Waals surface area contributed by atoms with Crippen molar-refractivity contribution in [3.63, 3.8) is 0 Å². The highest BCUT2D eigenvalue weighted by Crippen LogP contribution is 2.50. The summed E-state index contributed by atoms with van der Waals surface area (Å²) < 4.78 is 116. The molecule has 0 saturated carbocycles. The van der Waals surface area contributed by atoms with Gasteiger partial charge in [-0.25, -0.2) is 13.7 Å². The third-order valence-corrected chi connectivity index (χ3v) is 2.94. The van der Waals surface area contributed by atoms with Gasteiger partial charge >= 0.3 is 30.0 Å². The van der Waals surface area contributed by atoms with Gasteiger partial charge in [-0.05, 0) is 0 Å². The first-order valence-electron chi connectivity index (χ1n) is 5.48. The fourth-order valence-corrected chi connectivity index (χ4v) is 1.75. The molecular weight excluding hydrogens is 337 g/mol. The maximum atomic E-state index is 12.9. The minimum absolute atomic E-state index is 0.586. The van der Waals surface area contributed by atoms with Crippen LogP contribution in [-0.2, 0) is 9.53 Å². The molecule has 12 heteroatoms. The first kappa shape index (κ1) is 18.7. The lowest BCUT2D eigenvalue weighted by atomic mass is 9.97. The van der Waals surface area contributed by atoms with Crippen molar-refractivity contribution in [3.8, 4) is 0 Å². The summed E-state index contributed by atoms with van der Waals surface area (Å²) in [6, 6.07) is 0. The molecule has 0 radical (unpaired) electrons. The maximum absolute atomic E-state index is 12.9. The molecule has 0 aromatic rings. The fraction of sp³-hybridized carbons (Fsp3) is 0.700. The lowest BCUT2D eigenvalue weighted by Crippen LogP contribution is -2.73. The first-order chi connectivity index (χ1) is 9.63. The zero-order valence-corrected chi connectivity index (χ0v) is 10.7. The van der Waals surface area contributed by atoms with Crippen molar-refractivity contribution >= 4 is 5.91 Å². The van der Waals surface area contributed by atoms with Crippen LogP contribution in [0.1, 0.15) is 0 Å². The Kier molecular flexibility index (Phi) is 4.36. The van der Waals surface area contributed by atoms with Gasteiger partial charge in [0, 0.05) is 6.08 Å². The van der Waals surface area contributed by atoms with Gasteiger partial charge in [0.15, 0.2) is 6.67 Å². The molecule has 0 aromatic carbocycles. The van der Waals surface area contributed by atoms with E-state index in [0.717, 1.165) is 6.08 Å². The largest absolute Gasteiger partial charge is 0.440 e. The van der Waals surface area contributed by atoms with Crippen molar-refractivity contribution in [1.82, 2.24) is 0 Å². The number of likely N-dealkylation sites (N-methyl/N-ethyl adjacent to an activating group) is 1. The van der Waals surface area contributed by atoms with Crippen molar-refractivity contribution in [2.45, 2.75) is 24.1 Å². The Labute approximate surface area is 117 Å². The van der Waals surface area contributed by atoms with Crippen LogP contribution in [0, 0.1) is 0 Å². The summed E-state index contributed by atoms with van der Waals surface area (Å²) in [4.78, 5) is 11.8. The quantitative estimate of drug-likeness (QED) is 0.578. The van der Waals surface area contributed by atoms with Crippen LogP contribution < -0.4 is 0 Å². The SMILES string of the molecule is C[N+]1(C(=O)C(OC(F)(F)CF)(C(F)(F)F)C(F)(F)F)C=CC1. The second-order valence-electron chi connectivity index (χ2n) is 4.69. The van der Waals surface area contributed by atoms with Crippen LogP contribution in [0.4, 0.5) is 39.5 Å². The Bertz CT molecular complexity index is 468. The van der Waals surface area contributed by atoms with E-state index in [9.17, 15) is 44.3 Å². The van der Waals surface area contributed by atoms with Crippen LogP contribution >= 0.6 is 0 Å². The predicted octanol–water partition coefficient (Wildman–Crippen LogP) is 2.93. The Hall–Kier alpha value is -1.30. The summed E-state index contributed by atoms with van der Waals surface area (Å²) in [5, 5.41) is 0. The van der Waals surface area contributed by atoms with Gasteiger partial charge in [-0.15, -0.1) is 0 Å². The minimum Gasteiger partial charge on any atom is -0.281 e. The van der Waals surface area contributed by atoms with Crippen molar-refractivity contribution < 1.29 is 53.5 Å².